The minimum atomic E-state index is 0.152. The van der Waals surface area contributed by atoms with E-state index in [4.69, 9.17) is 10.5 Å². The van der Waals surface area contributed by atoms with Gasteiger partial charge < -0.3 is 25.3 Å². The SMILES string of the molecule is CN1CCC(C(=O)NC2CCC(n3cc(-c4ccc(Oc5ccccc5)cc4)c4c(N)ncnc43)CC2)CC1. The van der Waals surface area contributed by atoms with E-state index in [1.54, 1.807) is 6.33 Å². The van der Waals surface area contributed by atoms with Gasteiger partial charge in [-0.3, -0.25) is 4.79 Å². The molecule has 1 saturated heterocycles. The van der Waals surface area contributed by atoms with Gasteiger partial charge in [-0.05, 0) is 88.5 Å². The quantitative estimate of drug-likeness (QED) is 0.350. The number of nitrogens with zero attached hydrogens (tertiary/aromatic N) is 4. The van der Waals surface area contributed by atoms with Crippen LogP contribution in [-0.4, -0.2) is 51.5 Å². The number of nitrogen functional groups attached to an aromatic ring is 1. The fraction of sp³-hybridized carbons (Fsp3) is 0.387. The predicted octanol–water partition coefficient (Wildman–Crippen LogP) is 5.41. The first-order valence-corrected chi connectivity index (χ1v) is 14.0. The van der Waals surface area contributed by atoms with Gasteiger partial charge >= 0.3 is 0 Å². The first-order chi connectivity index (χ1) is 19.0. The van der Waals surface area contributed by atoms with E-state index in [0.29, 0.717) is 11.9 Å². The molecule has 6 rings (SSSR count). The van der Waals surface area contributed by atoms with Crippen molar-refractivity contribution in [2.75, 3.05) is 25.9 Å². The first kappa shape index (κ1) is 25.4. The number of hydrogen-bond acceptors (Lipinski definition) is 6. The van der Waals surface area contributed by atoms with E-state index in [0.717, 1.165) is 85.3 Å². The minimum Gasteiger partial charge on any atom is -0.457 e. The molecule has 4 aromatic rings. The Kier molecular flexibility index (Phi) is 7.20. The van der Waals surface area contributed by atoms with Crippen LogP contribution in [0.3, 0.4) is 0 Å². The summed E-state index contributed by atoms with van der Waals surface area (Å²) in [5.74, 6) is 2.45. The molecule has 2 aromatic heterocycles. The van der Waals surface area contributed by atoms with Gasteiger partial charge in [-0.25, -0.2) is 9.97 Å². The van der Waals surface area contributed by atoms with Crippen LogP contribution in [-0.2, 0) is 4.79 Å². The Bertz CT molecular complexity index is 1420. The molecule has 2 aliphatic rings. The zero-order valence-electron chi connectivity index (χ0n) is 22.4. The smallest absolute Gasteiger partial charge is 0.223 e. The third kappa shape index (κ3) is 5.47. The van der Waals surface area contributed by atoms with Crippen LogP contribution in [0.1, 0.15) is 44.6 Å². The number of carbonyl (C=O) groups is 1. The van der Waals surface area contributed by atoms with E-state index < -0.39 is 0 Å². The Morgan fingerprint density at radius 3 is 2.33 bits per heavy atom. The second-order valence-corrected chi connectivity index (χ2v) is 10.9. The molecular weight excluding hydrogens is 488 g/mol. The molecule has 202 valence electrons. The molecule has 0 spiro atoms. The standard InChI is InChI=1S/C31H36N6O2/c1-36-17-15-22(16-18-36)31(38)35-23-9-11-24(12-10-23)37-19-27(28-29(32)33-20-34-30(28)37)21-7-13-26(14-8-21)39-25-5-3-2-4-6-25/h2-8,13-14,19-20,22-24H,9-12,15-18H2,1H3,(H,35,38)(H2,32,33,34). The number of aromatic nitrogens is 3. The van der Waals surface area contributed by atoms with E-state index >= 15 is 0 Å². The Labute approximate surface area is 229 Å². The molecule has 1 aliphatic carbocycles. The third-order valence-electron chi connectivity index (χ3n) is 8.31. The van der Waals surface area contributed by atoms with Gasteiger partial charge in [0.15, 0.2) is 0 Å². The summed E-state index contributed by atoms with van der Waals surface area (Å²) in [5, 5.41) is 4.23. The molecular formula is C31H36N6O2. The number of anilines is 1. The van der Waals surface area contributed by atoms with Crippen LogP contribution in [0, 0.1) is 5.92 Å². The number of fused-ring (bicyclic) bond motifs is 1. The lowest BCUT2D eigenvalue weighted by Gasteiger charge is -2.33. The average molecular weight is 525 g/mol. The van der Waals surface area contributed by atoms with Crippen LogP contribution in [0.25, 0.3) is 22.2 Å². The van der Waals surface area contributed by atoms with E-state index in [9.17, 15) is 4.79 Å². The molecule has 1 amide bonds. The summed E-state index contributed by atoms with van der Waals surface area (Å²) in [7, 11) is 2.12. The second-order valence-electron chi connectivity index (χ2n) is 10.9. The van der Waals surface area contributed by atoms with Crippen molar-refractivity contribution in [3.63, 3.8) is 0 Å². The number of hydrogen-bond donors (Lipinski definition) is 2. The van der Waals surface area contributed by atoms with Gasteiger partial charge in [0.2, 0.25) is 5.91 Å². The number of likely N-dealkylation sites (tertiary alicyclic amines) is 1. The van der Waals surface area contributed by atoms with E-state index in [1.165, 1.54) is 0 Å². The van der Waals surface area contributed by atoms with Crippen molar-refractivity contribution in [2.24, 2.45) is 5.92 Å². The summed E-state index contributed by atoms with van der Waals surface area (Å²) in [6.45, 7) is 2.00. The van der Waals surface area contributed by atoms with Gasteiger partial charge in [0.1, 0.15) is 29.3 Å². The van der Waals surface area contributed by atoms with Crippen LogP contribution in [0.15, 0.2) is 67.1 Å². The number of benzene rings is 2. The van der Waals surface area contributed by atoms with Gasteiger partial charge in [-0.15, -0.1) is 0 Å². The van der Waals surface area contributed by atoms with E-state index in [-0.39, 0.29) is 17.9 Å². The van der Waals surface area contributed by atoms with Gasteiger partial charge in [0.25, 0.3) is 0 Å². The molecule has 0 bridgehead atoms. The van der Waals surface area contributed by atoms with E-state index in [1.807, 2.05) is 42.5 Å². The summed E-state index contributed by atoms with van der Waals surface area (Å²) >= 11 is 0. The normalized spacial score (nSPS) is 20.6. The van der Waals surface area contributed by atoms with Crippen molar-refractivity contribution in [2.45, 2.75) is 50.6 Å². The van der Waals surface area contributed by atoms with Crippen LogP contribution in [0.4, 0.5) is 5.82 Å². The molecule has 1 saturated carbocycles. The van der Waals surface area contributed by atoms with Crippen molar-refractivity contribution >= 4 is 22.8 Å². The van der Waals surface area contributed by atoms with Crippen molar-refractivity contribution < 1.29 is 9.53 Å². The summed E-state index contributed by atoms with van der Waals surface area (Å²) in [6.07, 6.45) is 9.51. The number of rotatable bonds is 6. The van der Waals surface area contributed by atoms with Crippen molar-refractivity contribution in [1.82, 2.24) is 24.8 Å². The number of amides is 1. The summed E-state index contributed by atoms with van der Waals surface area (Å²) < 4.78 is 8.24. The zero-order chi connectivity index (χ0) is 26.8. The zero-order valence-corrected chi connectivity index (χ0v) is 22.4. The minimum absolute atomic E-state index is 0.152. The topological polar surface area (TPSA) is 98.3 Å². The number of piperidine rings is 1. The van der Waals surface area contributed by atoms with E-state index in [2.05, 4.69) is 50.1 Å². The summed E-state index contributed by atoms with van der Waals surface area (Å²) in [5.41, 5.74) is 9.31. The van der Waals surface area contributed by atoms with Crippen LogP contribution < -0.4 is 15.8 Å². The highest BCUT2D eigenvalue weighted by Gasteiger charge is 2.29. The monoisotopic (exact) mass is 524 g/mol. The number of para-hydroxylation sites is 1. The molecule has 39 heavy (non-hydrogen) atoms. The van der Waals surface area contributed by atoms with Crippen molar-refractivity contribution in [1.29, 1.82) is 0 Å². The predicted molar refractivity (Wildman–Crippen MR) is 154 cm³/mol. The Morgan fingerprint density at radius 2 is 1.62 bits per heavy atom. The third-order valence-corrected chi connectivity index (χ3v) is 8.31. The summed E-state index contributed by atoms with van der Waals surface area (Å²) in [4.78, 5) is 24.1. The largest absolute Gasteiger partial charge is 0.457 e. The van der Waals surface area contributed by atoms with Crippen LogP contribution in [0.5, 0.6) is 11.5 Å². The van der Waals surface area contributed by atoms with Crippen LogP contribution in [0.2, 0.25) is 0 Å². The highest BCUT2D eigenvalue weighted by molar-refractivity contribution is 6.00. The Balaban J connectivity index is 1.17. The molecule has 2 fully saturated rings. The molecule has 8 heteroatoms. The lowest BCUT2D eigenvalue weighted by atomic mass is 9.89. The fourth-order valence-corrected chi connectivity index (χ4v) is 6.02. The van der Waals surface area contributed by atoms with Crippen molar-refractivity contribution in [3.05, 3.63) is 67.1 Å². The highest BCUT2D eigenvalue weighted by Crippen LogP contribution is 2.38. The average Bonchev–Trinajstić information content (AvgIpc) is 3.36. The molecule has 8 nitrogen and oxygen atoms in total. The molecule has 3 heterocycles. The highest BCUT2D eigenvalue weighted by atomic mass is 16.5. The maximum atomic E-state index is 12.8. The van der Waals surface area contributed by atoms with Gasteiger partial charge in [0.05, 0.1) is 5.39 Å². The van der Waals surface area contributed by atoms with Crippen molar-refractivity contribution in [3.8, 4) is 22.6 Å². The summed E-state index contributed by atoms with van der Waals surface area (Å²) in [6, 6.07) is 18.4. The lowest BCUT2D eigenvalue weighted by molar-refractivity contribution is -0.127. The van der Waals surface area contributed by atoms with Gasteiger partial charge in [-0.1, -0.05) is 30.3 Å². The molecule has 0 radical (unpaired) electrons. The molecule has 3 N–H and O–H groups in total. The maximum absolute atomic E-state index is 12.8. The molecule has 0 unspecified atom stereocenters. The van der Waals surface area contributed by atoms with Gasteiger partial charge in [-0.2, -0.15) is 0 Å². The maximum Gasteiger partial charge on any atom is 0.223 e. The molecule has 1 aliphatic heterocycles. The number of carbonyl (C=O) groups excluding carboxylic acids is 1. The number of ether oxygens (including phenoxy) is 1. The fourth-order valence-electron chi connectivity index (χ4n) is 6.02. The number of nitrogens with one attached hydrogen (secondary N) is 1. The molecule has 2 aromatic carbocycles. The van der Waals surface area contributed by atoms with Crippen LogP contribution >= 0.6 is 0 Å². The number of nitrogens with two attached hydrogens (primary N) is 1. The first-order valence-electron chi connectivity index (χ1n) is 14.0. The second kappa shape index (κ2) is 11.1. The van der Waals surface area contributed by atoms with Gasteiger partial charge in [0, 0.05) is 29.8 Å². The Hall–Kier alpha value is -3.91. The Morgan fingerprint density at radius 1 is 0.923 bits per heavy atom. The lowest BCUT2D eigenvalue weighted by Crippen LogP contribution is -2.44. The molecule has 0 atom stereocenters.